The van der Waals surface area contributed by atoms with E-state index in [1.165, 1.54) is 4.88 Å². The Bertz CT molecular complexity index is 670. The molecule has 1 unspecified atom stereocenters. The molecule has 0 aliphatic carbocycles. The van der Waals surface area contributed by atoms with Gasteiger partial charge in [0, 0.05) is 17.6 Å². The smallest absolute Gasteiger partial charge is 0.191 e. The van der Waals surface area contributed by atoms with Gasteiger partial charge in [0.1, 0.15) is 22.6 Å². The Balaban J connectivity index is 1.84. The van der Waals surface area contributed by atoms with Crippen molar-refractivity contribution in [1.82, 2.24) is 15.6 Å². The molecule has 0 amide bonds. The second kappa shape index (κ2) is 9.88. The van der Waals surface area contributed by atoms with Crippen molar-refractivity contribution in [1.29, 1.82) is 0 Å². The molecule has 1 heterocycles. The van der Waals surface area contributed by atoms with Crippen molar-refractivity contribution < 1.29 is 9.47 Å². The van der Waals surface area contributed by atoms with Gasteiger partial charge in [-0.05, 0) is 45.0 Å². The molecule has 1 aromatic heterocycles. The van der Waals surface area contributed by atoms with Crippen molar-refractivity contribution in [3.63, 3.8) is 0 Å². The Hall–Kier alpha value is -2.28. The molecular weight excluding hydrogens is 336 g/mol. The number of hydrogen-bond acceptors (Lipinski definition) is 5. The van der Waals surface area contributed by atoms with Gasteiger partial charge in [-0.3, -0.25) is 0 Å². The Morgan fingerprint density at radius 3 is 2.56 bits per heavy atom. The molecular formula is C18H26N4O2S. The van der Waals surface area contributed by atoms with E-state index in [0.29, 0.717) is 13.1 Å². The number of aromatic nitrogens is 1. The molecule has 1 aromatic carbocycles. The molecule has 0 spiro atoms. The number of benzene rings is 1. The second-order valence-electron chi connectivity index (χ2n) is 5.54. The number of methoxy groups -OCH3 is 1. The lowest BCUT2D eigenvalue weighted by atomic mass is 10.3. The van der Waals surface area contributed by atoms with E-state index in [2.05, 4.69) is 20.6 Å². The molecule has 2 aromatic rings. The largest absolute Gasteiger partial charge is 0.497 e. The fourth-order valence-corrected chi connectivity index (χ4v) is 2.84. The third-order valence-electron chi connectivity index (χ3n) is 3.34. The summed E-state index contributed by atoms with van der Waals surface area (Å²) in [6.45, 7) is 8.13. The van der Waals surface area contributed by atoms with E-state index in [-0.39, 0.29) is 6.10 Å². The van der Waals surface area contributed by atoms with Crippen LogP contribution in [0.1, 0.15) is 23.7 Å². The topological polar surface area (TPSA) is 67.8 Å². The summed E-state index contributed by atoms with van der Waals surface area (Å²) in [4.78, 5) is 10.1. The van der Waals surface area contributed by atoms with Gasteiger partial charge in [0.15, 0.2) is 5.96 Å². The second-order valence-corrected chi connectivity index (χ2v) is 6.86. The van der Waals surface area contributed by atoms with Crippen LogP contribution in [0.25, 0.3) is 0 Å². The van der Waals surface area contributed by atoms with Crippen LogP contribution in [0.15, 0.2) is 35.5 Å². The maximum absolute atomic E-state index is 5.90. The molecule has 0 saturated heterocycles. The molecule has 6 nitrogen and oxygen atoms in total. The summed E-state index contributed by atoms with van der Waals surface area (Å²) in [5.41, 5.74) is 0. The average molecular weight is 362 g/mol. The monoisotopic (exact) mass is 362 g/mol. The first-order chi connectivity index (χ1) is 12.1. The third kappa shape index (κ3) is 6.62. The number of ether oxygens (including phenoxy) is 2. The minimum Gasteiger partial charge on any atom is -0.497 e. The van der Waals surface area contributed by atoms with Crippen LogP contribution in [0.4, 0.5) is 0 Å². The Morgan fingerprint density at radius 1 is 1.24 bits per heavy atom. The maximum Gasteiger partial charge on any atom is 0.191 e. The van der Waals surface area contributed by atoms with Crippen LogP contribution in [0.2, 0.25) is 0 Å². The van der Waals surface area contributed by atoms with Gasteiger partial charge in [0.25, 0.3) is 0 Å². The minimum atomic E-state index is -0.000594. The van der Waals surface area contributed by atoms with Crippen molar-refractivity contribution in [2.75, 3.05) is 20.2 Å². The third-order valence-corrected chi connectivity index (χ3v) is 4.24. The van der Waals surface area contributed by atoms with Crippen LogP contribution < -0.4 is 20.1 Å². The van der Waals surface area contributed by atoms with Crippen LogP contribution in [0, 0.1) is 6.92 Å². The fraction of sp³-hybridized carbons (Fsp3) is 0.444. The van der Waals surface area contributed by atoms with E-state index in [9.17, 15) is 0 Å². The molecule has 2 rings (SSSR count). The normalized spacial score (nSPS) is 12.6. The molecule has 2 N–H and O–H groups in total. The predicted molar refractivity (Wildman–Crippen MR) is 103 cm³/mol. The van der Waals surface area contributed by atoms with Crippen molar-refractivity contribution >= 4 is 17.3 Å². The van der Waals surface area contributed by atoms with Crippen LogP contribution in [0.5, 0.6) is 11.5 Å². The Morgan fingerprint density at radius 2 is 1.96 bits per heavy atom. The van der Waals surface area contributed by atoms with E-state index in [4.69, 9.17) is 9.47 Å². The summed E-state index contributed by atoms with van der Waals surface area (Å²) in [7, 11) is 1.65. The number of nitrogens with one attached hydrogen (secondary N) is 2. The molecule has 0 fully saturated rings. The lowest BCUT2D eigenvalue weighted by Gasteiger charge is -2.17. The highest BCUT2D eigenvalue weighted by molar-refractivity contribution is 7.11. The molecule has 25 heavy (non-hydrogen) atoms. The van der Waals surface area contributed by atoms with Crippen LogP contribution >= 0.6 is 11.3 Å². The number of aliphatic imine (C=N–C) groups is 1. The predicted octanol–water partition coefficient (Wildman–Crippen LogP) is 2.98. The molecule has 0 bridgehead atoms. The van der Waals surface area contributed by atoms with Crippen molar-refractivity contribution in [2.45, 2.75) is 33.4 Å². The highest BCUT2D eigenvalue weighted by atomic mass is 32.1. The van der Waals surface area contributed by atoms with Gasteiger partial charge < -0.3 is 20.1 Å². The highest BCUT2D eigenvalue weighted by Crippen LogP contribution is 2.18. The van der Waals surface area contributed by atoms with Crippen LogP contribution in [-0.2, 0) is 6.54 Å². The SMILES string of the molecule is CCNC(=NCc1ncc(C)s1)NCC(C)Oc1ccc(OC)cc1. The first-order valence-electron chi connectivity index (χ1n) is 8.35. The average Bonchev–Trinajstić information content (AvgIpc) is 3.03. The zero-order valence-corrected chi connectivity index (χ0v) is 16.0. The Kier molecular flexibility index (Phi) is 7.53. The quantitative estimate of drug-likeness (QED) is 0.558. The Labute approximate surface area is 153 Å². The van der Waals surface area contributed by atoms with Gasteiger partial charge in [0.05, 0.1) is 20.2 Å². The van der Waals surface area contributed by atoms with E-state index >= 15 is 0 Å². The van der Waals surface area contributed by atoms with Crippen molar-refractivity contribution in [2.24, 2.45) is 4.99 Å². The number of rotatable bonds is 8. The van der Waals surface area contributed by atoms with Gasteiger partial charge in [-0.2, -0.15) is 0 Å². The molecule has 0 radical (unpaired) electrons. The van der Waals surface area contributed by atoms with Crippen LogP contribution in [0.3, 0.4) is 0 Å². The number of thiazole rings is 1. The molecule has 1 atom stereocenters. The van der Waals surface area contributed by atoms with Crippen LogP contribution in [-0.4, -0.2) is 37.2 Å². The first-order valence-corrected chi connectivity index (χ1v) is 9.16. The summed E-state index contributed by atoms with van der Waals surface area (Å²) < 4.78 is 11.0. The zero-order chi connectivity index (χ0) is 18.1. The summed E-state index contributed by atoms with van der Waals surface area (Å²) in [5, 5.41) is 7.56. The van der Waals surface area contributed by atoms with E-state index < -0.39 is 0 Å². The van der Waals surface area contributed by atoms with E-state index in [1.807, 2.05) is 51.2 Å². The number of aryl methyl sites for hydroxylation is 1. The molecule has 7 heteroatoms. The lowest BCUT2D eigenvalue weighted by molar-refractivity contribution is 0.223. The van der Waals surface area contributed by atoms with Crippen molar-refractivity contribution in [3.05, 3.63) is 40.3 Å². The number of hydrogen-bond donors (Lipinski definition) is 2. The fourth-order valence-electron chi connectivity index (χ4n) is 2.13. The maximum atomic E-state index is 5.90. The lowest BCUT2D eigenvalue weighted by Crippen LogP contribution is -2.41. The van der Waals surface area contributed by atoms with E-state index in [1.54, 1.807) is 18.4 Å². The summed E-state index contributed by atoms with van der Waals surface area (Å²) in [6.07, 6.45) is 1.88. The number of nitrogens with zero attached hydrogens (tertiary/aromatic N) is 2. The molecule has 136 valence electrons. The summed E-state index contributed by atoms with van der Waals surface area (Å²) in [6, 6.07) is 7.58. The standard InChI is InChI=1S/C18H26N4O2S/c1-5-19-18(22-12-17-20-11-14(3)25-17)21-10-13(2)24-16-8-6-15(23-4)7-9-16/h6-9,11,13H,5,10,12H2,1-4H3,(H2,19,21,22). The van der Waals surface area contributed by atoms with Gasteiger partial charge in [-0.1, -0.05) is 0 Å². The van der Waals surface area contributed by atoms with E-state index in [0.717, 1.165) is 29.0 Å². The van der Waals surface area contributed by atoms with Gasteiger partial charge >= 0.3 is 0 Å². The van der Waals surface area contributed by atoms with Crippen molar-refractivity contribution in [3.8, 4) is 11.5 Å². The first kappa shape index (κ1) is 19.1. The molecule has 0 aliphatic rings. The van der Waals surface area contributed by atoms with Gasteiger partial charge in [-0.25, -0.2) is 9.98 Å². The number of guanidine groups is 1. The minimum absolute atomic E-state index is 0.000594. The molecule has 0 saturated carbocycles. The van der Waals surface area contributed by atoms with Gasteiger partial charge in [0.2, 0.25) is 0 Å². The summed E-state index contributed by atoms with van der Waals surface area (Å²) >= 11 is 1.67. The highest BCUT2D eigenvalue weighted by Gasteiger charge is 2.06. The zero-order valence-electron chi connectivity index (χ0n) is 15.2. The summed E-state index contributed by atoms with van der Waals surface area (Å²) in [5.74, 6) is 2.40. The molecule has 0 aliphatic heterocycles. The van der Waals surface area contributed by atoms with Gasteiger partial charge in [-0.15, -0.1) is 11.3 Å².